The van der Waals surface area contributed by atoms with E-state index in [1.165, 1.54) is 0 Å². The summed E-state index contributed by atoms with van der Waals surface area (Å²) in [7, 11) is 0. The fraction of sp³-hybridized carbons (Fsp3) is 0.308. The first-order valence-corrected chi connectivity index (χ1v) is 11.5. The van der Waals surface area contributed by atoms with Crippen molar-refractivity contribution in [1.29, 1.82) is 0 Å². The normalized spacial score (nSPS) is 12.1. The minimum Gasteiger partial charge on any atom is -0.467 e. The molecular weight excluding hydrogens is 430 g/mol. The van der Waals surface area contributed by atoms with Crippen molar-refractivity contribution in [3.63, 3.8) is 0 Å². The minimum atomic E-state index is -0.803. The Morgan fingerprint density at radius 3 is 2.50 bits per heavy atom. The van der Waals surface area contributed by atoms with Gasteiger partial charge in [-0.25, -0.2) is 4.68 Å². The molecule has 2 amide bonds. The van der Waals surface area contributed by atoms with Gasteiger partial charge in [0.05, 0.1) is 18.3 Å². The predicted molar refractivity (Wildman–Crippen MR) is 129 cm³/mol. The van der Waals surface area contributed by atoms with E-state index in [4.69, 9.17) is 4.42 Å². The average molecular weight is 460 g/mol. The second kappa shape index (κ2) is 10.3. The summed E-state index contributed by atoms with van der Waals surface area (Å²) in [4.78, 5) is 28.7. The molecule has 8 heteroatoms. The van der Waals surface area contributed by atoms with Gasteiger partial charge in [-0.2, -0.15) is 0 Å². The number of para-hydroxylation sites is 1. The first-order valence-electron chi connectivity index (χ1n) is 11.5. The number of carbonyl (C=O) groups is 2. The quantitative estimate of drug-likeness (QED) is 0.410. The standard InChI is InChI=1S/C26H29N5O3/c1-4-19-11-13-20(14-12-19)25(26(33)27-16-21-8-7-15-34-21)31(18(2)3)24(32)17-30-23-10-6-5-9-22(23)28-29-30/h5-15,18,25H,4,16-17H2,1-3H3,(H,27,33). The van der Waals surface area contributed by atoms with Crippen LogP contribution in [0.1, 0.15) is 43.7 Å². The number of nitrogens with one attached hydrogen (secondary N) is 1. The summed E-state index contributed by atoms with van der Waals surface area (Å²) in [6.07, 6.45) is 2.46. The SMILES string of the molecule is CCc1ccc(C(C(=O)NCc2ccco2)N(C(=O)Cn2nnc3ccccc32)C(C)C)cc1. The zero-order valence-electron chi connectivity index (χ0n) is 19.6. The molecule has 0 aliphatic carbocycles. The Kier molecular flexibility index (Phi) is 7.06. The minimum absolute atomic E-state index is 0.0201. The summed E-state index contributed by atoms with van der Waals surface area (Å²) in [5, 5.41) is 11.2. The summed E-state index contributed by atoms with van der Waals surface area (Å²) in [5.74, 6) is 0.152. The van der Waals surface area contributed by atoms with Crippen molar-refractivity contribution >= 4 is 22.8 Å². The molecule has 0 fully saturated rings. The Hall–Kier alpha value is -3.94. The van der Waals surface area contributed by atoms with Crippen LogP contribution in [0.15, 0.2) is 71.3 Å². The molecule has 0 saturated carbocycles. The molecule has 0 radical (unpaired) electrons. The molecule has 176 valence electrons. The third kappa shape index (κ3) is 5.01. The summed E-state index contributed by atoms with van der Waals surface area (Å²) in [5.41, 5.74) is 3.40. The maximum atomic E-state index is 13.6. The number of hydrogen-bond donors (Lipinski definition) is 1. The zero-order valence-corrected chi connectivity index (χ0v) is 19.6. The number of carbonyl (C=O) groups excluding carboxylic acids is 2. The van der Waals surface area contributed by atoms with E-state index >= 15 is 0 Å². The van der Waals surface area contributed by atoms with Crippen LogP contribution < -0.4 is 5.32 Å². The van der Waals surface area contributed by atoms with Crippen LogP contribution in [-0.4, -0.2) is 37.7 Å². The lowest BCUT2D eigenvalue weighted by atomic mass is 10.00. The molecule has 34 heavy (non-hydrogen) atoms. The highest BCUT2D eigenvalue weighted by atomic mass is 16.3. The Balaban J connectivity index is 1.64. The van der Waals surface area contributed by atoms with Gasteiger partial charge in [-0.1, -0.05) is 48.5 Å². The highest BCUT2D eigenvalue weighted by Crippen LogP contribution is 2.25. The second-order valence-electron chi connectivity index (χ2n) is 8.43. The molecule has 4 aromatic rings. The molecule has 0 aliphatic heterocycles. The maximum Gasteiger partial charge on any atom is 0.247 e. The van der Waals surface area contributed by atoms with Crippen molar-refractivity contribution in [2.45, 2.75) is 52.4 Å². The third-order valence-electron chi connectivity index (χ3n) is 5.80. The lowest BCUT2D eigenvalue weighted by Crippen LogP contribution is -2.48. The molecule has 2 aromatic carbocycles. The molecule has 1 unspecified atom stereocenters. The van der Waals surface area contributed by atoms with Crippen molar-refractivity contribution in [1.82, 2.24) is 25.2 Å². The average Bonchev–Trinajstić information content (AvgIpc) is 3.51. The van der Waals surface area contributed by atoms with E-state index in [0.29, 0.717) is 11.3 Å². The summed E-state index contributed by atoms with van der Waals surface area (Å²) in [6, 6.07) is 17.9. The molecule has 2 heterocycles. The Labute approximate surface area is 198 Å². The largest absolute Gasteiger partial charge is 0.467 e. The van der Waals surface area contributed by atoms with Crippen LogP contribution in [0.2, 0.25) is 0 Å². The molecule has 0 aliphatic rings. The van der Waals surface area contributed by atoms with Gasteiger partial charge in [0, 0.05) is 6.04 Å². The lowest BCUT2D eigenvalue weighted by molar-refractivity contribution is -0.143. The zero-order chi connectivity index (χ0) is 24.1. The Morgan fingerprint density at radius 2 is 1.82 bits per heavy atom. The highest BCUT2D eigenvalue weighted by molar-refractivity contribution is 5.89. The highest BCUT2D eigenvalue weighted by Gasteiger charge is 2.33. The summed E-state index contributed by atoms with van der Waals surface area (Å²) in [6.45, 7) is 6.11. The number of fused-ring (bicyclic) bond motifs is 1. The van der Waals surface area contributed by atoms with Gasteiger partial charge < -0.3 is 14.6 Å². The van der Waals surface area contributed by atoms with Crippen LogP contribution >= 0.6 is 0 Å². The van der Waals surface area contributed by atoms with E-state index in [0.717, 1.165) is 23.1 Å². The topological polar surface area (TPSA) is 93.3 Å². The van der Waals surface area contributed by atoms with Crippen molar-refractivity contribution in [3.8, 4) is 0 Å². The van der Waals surface area contributed by atoms with Crippen LogP contribution in [0.25, 0.3) is 11.0 Å². The van der Waals surface area contributed by atoms with Crippen molar-refractivity contribution in [3.05, 3.63) is 83.8 Å². The van der Waals surface area contributed by atoms with Gasteiger partial charge in [-0.05, 0) is 55.7 Å². The van der Waals surface area contributed by atoms with Crippen LogP contribution in [0, 0.1) is 0 Å². The van der Waals surface area contributed by atoms with E-state index < -0.39 is 6.04 Å². The third-order valence-corrected chi connectivity index (χ3v) is 5.80. The van der Waals surface area contributed by atoms with E-state index in [1.54, 1.807) is 28.0 Å². The number of furan rings is 1. The molecule has 1 atom stereocenters. The smallest absolute Gasteiger partial charge is 0.247 e. The molecular formula is C26H29N5O3. The van der Waals surface area contributed by atoms with Crippen molar-refractivity contribution in [2.24, 2.45) is 0 Å². The molecule has 0 spiro atoms. The molecule has 2 aromatic heterocycles. The van der Waals surface area contributed by atoms with Gasteiger partial charge in [0.25, 0.3) is 0 Å². The van der Waals surface area contributed by atoms with Crippen LogP contribution in [-0.2, 0) is 29.1 Å². The Morgan fingerprint density at radius 1 is 1.06 bits per heavy atom. The number of aryl methyl sites for hydroxylation is 1. The van der Waals surface area contributed by atoms with Gasteiger partial charge in [0.2, 0.25) is 11.8 Å². The number of rotatable bonds is 9. The fourth-order valence-corrected chi connectivity index (χ4v) is 4.03. The van der Waals surface area contributed by atoms with Gasteiger partial charge in [0.15, 0.2) is 0 Å². The summed E-state index contributed by atoms with van der Waals surface area (Å²) >= 11 is 0. The number of hydrogen-bond acceptors (Lipinski definition) is 5. The monoisotopic (exact) mass is 459 g/mol. The number of benzene rings is 2. The van der Waals surface area contributed by atoms with E-state index in [1.807, 2.05) is 62.4 Å². The first-order chi connectivity index (χ1) is 16.5. The van der Waals surface area contributed by atoms with Gasteiger partial charge >= 0.3 is 0 Å². The van der Waals surface area contributed by atoms with E-state index in [2.05, 4.69) is 22.6 Å². The molecule has 8 nitrogen and oxygen atoms in total. The Bertz CT molecular complexity index is 1250. The van der Waals surface area contributed by atoms with Gasteiger partial charge in [-0.3, -0.25) is 9.59 Å². The maximum absolute atomic E-state index is 13.6. The number of nitrogens with zero attached hydrogens (tertiary/aromatic N) is 4. The van der Waals surface area contributed by atoms with E-state index in [-0.39, 0.29) is 30.9 Å². The van der Waals surface area contributed by atoms with Crippen molar-refractivity contribution in [2.75, 3.05) is 0 Å². The van der Waals surface area contributed by atoms with Gasteiger partial charge in [-0.15, -0.1) is 5.10 Å². The summed E-state index contributed by atoms with van der Waals surface area (Å²) < 4.78 is 6.93. The molecule has 1 N–H and O–H groups in total. The van der Waals surface area contributed by atoms with Crippen LogP contribution in [0.5, 0.6) is 0 Å². The molecule has 4 rings (SSSR count). The molecule has 0 saturated heterocycles. The van der Waals surface area contributed by atoms with Crippen LogP contribution in [0.4, 0.5) is 0 Å². The second-order valence-corrected chi connectivity index (χ2v) is 8.43. The predicted octanol–water partition coefficient (Wildman–Crippen LogP) is 3.88. The van der Waals surface area contributed by atoms with Crippen LogP contribution in [0.3, 0.4) is 0 Å². The first kappa shape index (κ1) is 23.2. The van der Waals surface area contributed by atoms with Crippen molar-refractivity contribution < 1.29 is 14.0 Å². The number of amides is 2. The van der Waals surface area contributed by atoms with Gasteiger partial charge in [0.1, 0.15) is 23.9 Å². The fourth-order valence-electron chi connectivity index (χ4n) is 4.03. The van der Waals surface area contributed by atoms with E-state index in [9.17, 15) is 9.59 Å². The number of aromatic nitrogens is 3. The lowest BCUT2D eigenvalue weighted by Gasteiger charge is -2.34. The molecule has 0 bridgehead atoms.